The summed E-state index contributed by atoms with van der Waals surface area (Å²) in [5.41, 5.74) is 1.000. The normalized spacial score (nSPS) is 55.4. The third-order valence-corrected chi connectivity index (χ3v) is 9.05. The lowest BCUT2D eigenvalue weighted by atomic mass is 9.44. The van der Waals surface area contributed by atoms with Crippen LogP contribution in [0.15, 0.2) is 6.20 Å². The molecule has 0 aliphatic heterocycles. The van der Waals surface area contributed by atoms with Crippen molar-refractivity contribution in [1.29, 1.82) is 0 Å². The van der Waals surface area contributed by atoms with E-state index in [0.29, 0.717) is 30.1 Å². The van der Waals surface area contributed by atoms with Crippen LogP contribution in [-0.4, -0.2) is 20.9 Å². The fraction of sp³-hybridized carbons (Fsp3) is 0.857. The van der Waals surface area contributed by atoms with Crippen LogP contribution in [0.2, 0.25) is 0 Å². The van der Waals surface area contributed by atoms with Crippen molar-refractivity contribution in [2.75, 3.05) is 0 Å². The molecule has 0 spiro atoms. The average molecular weight is 332 g/mol. The smallest absolute Gasteiger partial charge is 0.0675 e. The van der Waals surface area contributed by atoms with E-state index >= 15 is 0 Å². The summed E-state index contributed by atoms with van der Waals surface area (Å²) in [6.45, 7) is 2.27. The van der Waals surface area contributed by atoms with Crippen molar-refractivity contribution in [3.05, 3.63) is 17.5 Å². The monoisotopic (exact) mass is 331 g/mol. The van der Waals surface area contributed by atoms with Crippen molar-refractivity contribution in [3.8, 4) is 0 Å². The van der Waals surface area contributed by atoms with Gasteiger partial charge in [0.2, 0.25) is 0 Å². The molecular weight excluding hydrogens is 296 g/mol. The maximum Gasteiger partial charge on any atom is 0.0675 e. The predicted octanol–water partition coefficient (Wildman–Crippen LogP) is 4.12. The fourth-order valence-electron chi connectivity index (χ4n) is 7.49. The van der Waals surface area contributed by atoms with Gasteiger partial charge < -0.3 is 5.11 Å². The van der Waals surface area contributed by atoms with Crippen molar-refractivity contribution >= 4 is 0 Å². The van der Waals surface area contributed by atoms with Crippen molar-refractivity contribution in [1.82, 2.24) is 10.2 Å². The Balaban J connectivity index is 1.49. The van der Waals surface area contributed by atoms with E-state index in [1.54, 1.807) is 0 Å². The van der Waals surface area contributed by atoms with E-state index in [-0.39, 0.29) is 5.41 Å². The Kier molecular flexibility index (Phi) is 2.43. The molecule has 24 heavy (non-hydrogen) atoms. The summed E-state index contributed by atoms with van der Waals surface area (Å²) in [7, 11) is 0. The summed E-state index contributed by atoms with van der Waals surface area (Å²) in [5.74, 6) is 2.22. The van der Waals surface area contributed by atoms with Crippen LogP contribution >= 0.6 is 0 Å². The molecule has 7 atom stereocenters. The average Bonchev–Trinajstić information content (AvgIpc) is 3.14. The third-order valence-electron chi connectivity index (χ3n) is 9.05. The molecule has 4 aliphatic carbocycles. The van der Waals surface area contributed by atoms with Crippen molar-refractivity contribution < 1.29 is 9.22 Å². The van der Waals surface area contributed by atoms with E-state index in [1.807, 2.05) is 6.20 Å². The second-order valence-electron chi connectivity index (χ2n) is 9.77. The standard InChI is InChI=1S/C21H32N2O/c1-19-11-13-12-22-23-18(13)10-14(19)4-5-15-16(19)6-8-20(2)17(15)7-9-21(20,3)24/h12,14-17,24H,4-11H2,1-3H3,(H,22,23)/t14?,15-,16+,17+,19+,20+,21+/m1/s1/i3D3. The van der Waals surface area contributed by atoms with E-state index < -0.39 is 17.9 Å². The summed E-state index contributed by atoms with van der Waals surface area (Å²) in [6, 6.07) is 0. The minimum atomic E-state index is -2.29. The molecule has 2 N–H and O–H groups in total. The molecule has 4 aliphatic rings. The number of nitrogens with one attached hydrogen (secondary N) is 1. The summed E-state index contributed by atoms with van der Waals surface area (Å²) < 4.78 is 24.1. The highest BCUT2D eigenvalue weighted by Gasteiger charge is 2.63. The lowest BCUT2D eigenvalue weighted by Crippen LogP contribution is -2.56. The lowest BCUT2D eigenvalue weighted by Gasteiger charge is -2.60. The third kappa shape index (κ3) is 1.75. The van der Waals surface area contributed by atoms with Gasteiger partial charge in [0.25, 0.3) is 0 Å². The van der Waals surface area contributed by atoms with Gasteiger partial charge in [-0.2, -0.15) is 5.10 Å². The first-order valence-electron chi connectivity index (χ1n) is 11.3. The van der Waals surface area contributed by atoms with Gasteiger partial charge in [0.1, 0.15) is 0 Å². The molecule has 3 heteroatoms. The molecule has 0 amide bonds. The van der Waals surface area contributed by atoms with Crippen molar-refractivity contribution in [2.45, 2.75) is 77.7 Å². The predicted molar refractivity (Wildman–Crippen MR) is 94.5 cm³/mol. The Morgan fingerprint density at radius 1 is 1.21 bits per heavy atom. The van der Waals surface area contributed by atoms with Gasteiger partial charge in [-0.3, -0.25) is 5.10 Å². The fourth-order valence-corrected chi connectivity index (χ4v) is 7.49. The number of aliphatic hydroxyl groups is 1. The minimum Gasteiger partial charge on any atom is -0.390 e. The largest absolute Gasteiger partial charge is 0.390 e. The zero-order valence-electron chi connectivity index (χ0n) is 17.9. The maximum atomic E-state index is 11.3. The molecule has 1 aromatic rings. The zero-order chi connectivity index (χ0) is 19.2. The molecule has 0 saturated heterocycles. The molecule has 3 nitrogen and oxygen atoms in total. The highest BCUT2D eigenvalue weighted by molar-refractivity contribution is 5.26. The molecule has 0 bridgehead atoms. The van der Waals surface area contributed by atoms with Gasteiger partial charge in [-0.15, -0.1) is 0 Å². The molecule has 1 aromatic heterocycles. The van der Waals surface area contributed by atoms with Crippen LogP contribution in [0.25, 0.3) is 0 Å². The van der Waals surface area contributed by atoms with Crippen LogP contribution < -0.4 is 0 Å². The van der Waals surface area contributed by atoms with E-state index in [9.17, 15) is 5.11 Å². The van der Waals surface area contributed by atoms with E-state index in [2.05, 4.69) is 24.0 Å². The highest BCUT2D eigenvalue weighted by Crippen LogP contribution is 2.67. The van der Waals surface area contributed by atoms with Crippen molar-refractivity contribution in [2.24, 2.45) is 34.5 Å². The van der Waals surface area contributed by atoms with Gasteiger partial charge in [-0.1, -0.05) is 13.8 Å². The number of aromatic amines is 1. The highest BCUT2D eigenvalue weighted by atomic mass is 16.3. The van der Waals surface area contributed by atoms with Crippen LogP contribution in [0.1, 0.15) is 74.6 Å². The van der Waals surface area contributed by atoms with Crippen LogP contribution in [0.5, 0.6) is 0 Å². The van der Waals surface area contributed by atoms with Gasteiger partial charge in [0.15, 0.2) is 0 Å². The number of aromatic nitrogens is 2. The summed E-state index contributed by atoms with van der Waals surface area (Å²) >= 11 is 0. The zero-order valence-corrected chi connectivity index (χ0v) is 14.9. The first kappa shape index (κ1) is 12.5. The minimum absolute atomic E-state index is 0.280. The molecule has 1 unspecified atom stereocenters. The first-order chi connectivity index (χ1) is 12.6. The summed E-state index contributed by atoms with van der Waals surface area (Å²) in [5, 5.41) is 18.8. The van der Waals surface area contributed by atoms with Gasteiger partial charge >= 0.3 is 0 Å². The Morgan fingerprint density at radius 3 is 2.88 bits per heavy atom. The van der Waals surface area contributed by atoms with Gasteiger partial charge in [-0.05, 0) is 98.3 Å². The van der Waals surface area contributed by atoms with Gasteiger partial charge in [-0.25, -0.2) is 0 Å². The molecule has 3 fully saturated rings. The quantitative estimate of drug-likeness (QED) is 0.751. The molecular formula is C21H32N2O. The van der Waals surface area contributed by atoms with Crippen LogP contribution in [0, 0.1) is 34.5 Å². The SMILES string of the molecule is [2H]C([2H])([2H])[C@]1(O)CC[C@H]2[C@@H]3CCC4Cc5[nH]ncc5C[C@]4(C)[C@H]3CC[C@@]21C. The van der Waals surface area contributed by atoms with Gasteiger partial charge in [0.05, 0.1) is 11.8 Å². The Morgan fingerprint density at radius 2 is 2.04 bits per heavy atom. The number of rotatable bonds is 0. The number of H-pyrrole nitrogens is 1. The number of hydrogen-bond acceptors (Lipinski definition) is 2. The van der Waals surface area contributed by atoms with Gasteiger partial charge in [0, 0.05) is 9.81 Å². The van der Waals surface area contributed by atoms with Crippen molar-refractivity contribution in [3.63, 3.8) is 0 Å². The number of hydrogen-bond donors (Lipinski definition) is 2. The molecule has 0 aromatic carbocycles. The van der Waals surface area contributed by atoms with Crippen LogP contribution in [0.4, 0.5) is 0 Å². The van der Waals surface area contributed by atoms with E-state index in [4.69, 9.17) is 4.11 Å². The second-order valence-corrected chi connectivity index (χ2v) is 9.77. The molecule has 0 radical (unpaired) electrons. The van der Waals surface area contributed by atoms with E-state index in [1.165, 1.54) is 24.1 Å². The molecule has 3 saturated carbocycles. The molecule has 1 heterocycles. The topological polar surface area (TPSA) is 48.9 Å². The molecule has 132 valence electrons. The number of nitrogens with zero attached hydrogens (tertiary/aromatic N) is 1. The van der Waals surface area contributed by atoms with Crippen LogP contribution in [0.3, 0.4) is 0 Å². The first-order valence-corrected chi connectivity index (χ1v) is 9.84. The summed E-state index contributed by atoms with van der Waals surface area (Å²) in [6.07, 6.45) is 9.81. The van der Waals surface area contributed by atoms with E-state index in [0.717, 1.165) is 32.1 Å². The molecule has 5 rings (SSSR count). The number of fused-ring (bicyclic) bond motifs is 6. The Labute approximate surface area is 149 Å². The Hall–Kier alpha value is -0.830. The Bertz CT molecular complexity index is 761. The maximum absolute atomic E-state index is 11.3. The second kappa shape index (κ2) is 4.66. The summed E-state index contributed by atoms with van der Waals surface area (Å²) in [4.78, 5) is 0. The van der Waals surface area contributed by atoms with Crippen LogP contribution in [-0.2, 0) is 12.8 Å². The lowest BCUT2D eigenvalue weighted by molar-refractivity contribution is -0.139.